The molecule has 0 saturated carbocycles. The van der Waals surface area contributed by atoms with Gasteiger partial charge in [0.25, 0.3) is 0 Å². The Bertz CT molecular complexity index is 613. The van der Waals surface area contributed by atoms with Crippen molar-refractivity contribution in [1.82, 2.24) is 25.5 Å². The second-order valence-corrected chi connectivity index (χ2v) is 6.03. The van der Waals surface area contributed by atoms with Gasteiger partial charge in [-0.15, -0.1) is 16.4 Å². The van der Waals surface area contributed by atoms with E-state index in [1.165, 1.54) is 0 Å². The molecule has 112 valence electrons. The molecule has 1 unspecified atom stereocenters. The number of rotatable bonds is 7. The fourth-order valence-corrected chi connectivity index (χ4v) is 2.97. The fourth-order valence-electron chi connectivity index (χ4n) is 1.55. The first-order valence-electron chi connectivity index (χ1n) is 6.00. The first-order valence-corrected chi connectivity index (χ1v) is 7.86. The predicted octanol–water partition coefficient (Wildman–Crippen LogP) is 0.789. The highest BCUT2D eigenvalue weighted by Gasteiger charge is 2.14. The van der Waals surface area contributed by atoms with Crippen molar-refractivity contribution in [2.45, 2.75) is 24.7 Å². The summed E-state index contributed by atoms with van der Waals surface area (Å²) in [6, 6.07) is 3.82. The summed E-state index contributed by atoms with van der Waals surface area (Å²) in [5.74, 6) is -1.08. The van der Waals surface area contributed by atoms with Crippen molar-refractivity contribution in [2.24, 2.45) is 0 Å². The lowest BCUT2D eigenvalue weighted by atomic mass is 10.3. The van der Waals surface area contributed by atoms with Crippen LogP contribution in [0.15, 0.2) is 22.7 Å². The van der Waals surface area contributed by atoms with Gasteiger partial charge in [0.1, 0.15) is 6.54 Å². The maximum Gasteiger partial charge on any atom is 0.325 e. The summed E-state index contributed by atoms with van der Waals surface area (Å²) in [5, 5.41) is 24.5. The zero-order valence-electron chi connectivity index (χ0n) is 11.1. The standard InChI is InChI=1S/C11H13N5O3S2/c1-7(8-3-2-4-20-8)12-9(17)6-21-11-13-14-15-16(11)5-10(18)19/h2-4,7H,5-6H2,1H3,(H,12,17)(H,18,19). The third-order valence-electron chi connectivity index (χ3n) is 2.46. The van der Waals surface area contributed by atoms with Crippen LogP contribution in [0.2, 0.25) is 0 Å². The Morgan fingerprint density at radius 1 is 1.57 bits per heavy atom. The molecule has 1 amide bonds. The maximum absolute atomic E-state index is 11.9. The number of nitrogens with one attached hydrogen (secondary N) is 1. The summed E-state index contributed by atoms with van der Waals surface area (Å²) >= 11 is 2.67. The number of carboxylic acids is 1. The Morgan fingerprint density at radius 2 is 2.38 bits per heavy atom. The van der Waals surface area contributed by atoms with Gasteiger partial charge in [0, 0.05) is 4.88 Å². The van der Waals surface area contributed by atoms with Gasteiger partial charge in [-0.05, 0) is 28.8 Å². The molecule has 2 N–H and O–H groups in total. The minimum atomic E-state index is -1.04. The van der Waals surface area contributed by atoms with Crippen LogP contribution < -0.4 is 5.32 Å². The number of tetrazole rings is 1. The minimum absolute atomic E-state index is 0.0619. The maximum atomic E-state index is 11.9. The van der Waals surface area contributed by atoms with E-state index < -0.39 is 5.97 Å². The molecular weight excluding hydrogens is 314 g/mol. The van der Waals surface area contributed by atoms with Crippen molar-refractivity contribution in [3.05, 3.63) is 22.4 Å². The van der Waals surface area contributed by atoms with E-state index in [1.54, 1.807) is 11.3 Å². The smallest absolute Gasteiger partial charge is 0.325 e. The van der Waals surface area contributed by atoms with Crippen LogP contribution in [0, 0.1) is 0 Å². The summed E-state index contributed by atoms with van der Waals surface area (Å²) in [4.78, 5) is 23.6. The van der Waals surface area contributed by atoms with Gasteiger partial charge in [0.2, 0.25) is 11.1 Å². The number of aliphatic carboxylic acids is 1. The number of hydrogen-bond donors (Lipinski definition) is 2. The van der Waals surface area contributed by atoms with Crippen LogP contribution in [0.1, 0.15) is 17.8 Å². The van der Waals surface area contributed by atoms with Gasteiger partial charge in [-0.25, -0.2) is 4.68 Å². The molecule has 2 aromatic rings. The number of amides is 1. The highest BCUT2D eigenvalue weighted by Crippen LogP contribution is 2.19. The number of thiophene rings is 1. The Morgan fingerprint density at radius 3 is 3.05 bits per heavy atom. The van der Waals surface area contributed by atoms with E-state index in [0.29, 0.717) is 5.16 Å². The zero-order valence-corrected chi connectivity index (χ0v) is 12.7. The quantitative estimate of drug-likeness (QED) is 0.723. The molecule has 2 heterocycles. The molecule has 0 radical (unpaired) electrons. The lowest BCUT2D eigenvalue weighted by Gasteiger charge is -2.11. The SMILES string of the molecule is CC(NC(=O)CSc1nnnn1CC(=O)O)c1cccs1. The normalized spacial score (nSPS) is 12.0. The lowest BCUT2D eigenvalue weighted by Crippen LogP contribution is -2.27. The summed E-state index contributed by atoms with van der Waals surface area (Å²) in [6.45, 7) is 1.57. The Balaban J connectivity index is 1.84. The molecule has 0 fully saturated rings. The van der Waals surface area contributed by atoms with Crippen molar-refractivity contribution in [2.75, 3.05) is 5.75 Å². The van der Waals surface area contributed by atoms with Gasteiger partial charge in [-0.1, -0.05) is 17.8 Å². The molecule has 10 heteroatoms. The van der Waals surface area contributed by atoms with E-state index in [0.717, 1.165) is 21.3 Å². The van der Waals surface area contributed by atoms with E-state index in [1.807, 2.05) is 24.4 Å². The molecule has 0 spiro atoms. The highest BCUT2D eigenvalue weighted by atomic mass is 32.2. The molecule has 21 heavy (non-hydrogen) atoms. The number of carboxylic acid groups (broad SMARTS) is 1. The first kappa shape index (κ1) is 15.4. The second kappa shape index (κ2) is 7.18. The van der Waals surface area contributed by atoms with Crippen molar-refractivity contribution >= 4 is 35.0 Å². The van der Waals surface area contributed by atoms with E-state index in [4.69, 9.17) is 5.11 Å². The Labute approximate surface area is 128 Å². The molecule has 0 aliphatic carbocycles. The number of nitrogens with zero attached hydrogens (tertiary/aromatic N) is 4. The van der Waals surface area contributed by atoms with E-state index in [-0.39, 0.29) is 24.2 Å². The van der Waals surface area contributed by atoms with Crippen molar-refractivity contribution in [1.29, 1.82) is 0 Å². The topological polar surface area (TPSA) is 110 Å². The average Bonchev–Trinajstić information content (AvgIpc) is 3.06. The van der Waals surface area contributed by atoms with Gasteiger partial charge < -0.3 is 10.4 Å². The number of aromatic nitrogens is 4. The molecule has 8 nitrogen and oxygen atoms in total. The molecular formula is C11H13N5O3S2. The molecule has 0 aliphatic heterocycles. The molecule has 1 atom stereocenters. The van der Waals surface area contributed by atoms with E-state index in [2.05, 4.69) is 20.8 Å². The Kier molecular flexibility index (Phi) is 5.28. The largest absolute Gasteiger partial charge is 0.480 e. The second-order valence-electron chi connectivity index (χ2n) is 4.11. The van der Waals surface area contributed by atoms with Crippen LogP contribution in [-0.2, 0) is 16.1 Å². The highest BCUT2D eigenvalue weighted by molar-refractivity contribution is 7.99. The predicted molar refractivity (Wildman–Crippen MR) is 77.1 cm³/mol. The number of carbonyl (C=O) groups excluding carboxylic acids is 1. The molecule has 2 rings (SSSR count). The van der Waals surface area contributed by atoms with Crippen molar-refractivity contribution in [3.8, 4) is 0 Å². The third kappa shape index (κ3) is 4.53. The number of hydrogen-bond acceptors (Lipinski definition) is 7. The lowest BCUT2D eigenvalue weighted by molar-refractivity contribution is -0.138. The summed E-state index contributed by atoms with van der Waals surface area (Å²) in [6.07, 6.45) is 0. The summed E-state index contributed by atoms with van der Waals surface area (Å²) in [7, 11) is 0. The zero-order chi connectivity index (χ0) is 15.2. The van der Waals surface area contributed by atoms with Crippen molar-refractivity contribution in [3.63, 3.8) is 0 Å². The van der Waals surface area contributed by atoms with Crippen LogP contribution in [0.3, 0.4) is 0 Å². The van der Waals surface area contributed by atoms with Crippen LogP contribution in [0.5, 0.6) is 0 Å². The monoisotopic (exact) mass is 327 g/mol. The molecule has 0 aromatic carbocycles. The van der Waals surface area contributed by atoms with Gasteiger partial charge >= 0.3 is 5.97 Å². The number of carbonyl (C=O) groups is 2. The van der Waals surface area contributed by atoms with Gasteiger partial charge in [-0.3, -0.25) is 9.59 Å². The summed E-state index contributed by atoms with van der Waals surface area (Å²) < 4.78 is 1.14. The van der Waals surface area contributed by atoms with E-state index in [9.17, 15) is 9.59 Å². The van der Waals surface area contributed by atoms with Gasteiger partial charge in [-0.2, -0.15) is 0 Å². The van der Waals surface area contributed by atoms with Crippen LogP contribution in [-0.4, -0.2) is 42.9 Å². The van der Waals surface area contributed by atoms with Gasteiger partial charge in [0.05, 0.1) is 11.8 Å². The molecule has 0 saturated heterocycles. The number of thioether (sulfide) groups is 1. The summed E-state index contributed by atoms with van der Waals surface area (Å²) in [5.41, 5.74) is 0. The Hall–Kier alpha value is -1.94. The molecule has 0 bridgehead atoms. The van der Waals surface area contributed by atoms with Crippen LogP contribution in [0.4, 0.5) is 0 Å². The molecule has 0 aliphatic rings. The molecule has 2 aromatic heterocycles. The first-order chi connectivity index (χ1) is 10.1. The van der Waals surface area contributed by atoms with Crippen LogP contribution >= 0.6 is 23.1 Å². The third-order valence-corrected chi connectivity index (χ3v) is 4.48. The van der Waals surface area contributed by atoms with Crippen molar-refractivity contribution < 1.29 is 14.7 Å². The van der Waals surface area contributed by atoms with Gasteiger partial charge in [0.15, 0.2) is 0 Å². The average molecular weight is 327 g/mol. The van der Waals surface area contributed by atoms with Crippen LogP contribution in [0.25, 0.3) is 0 Å². The minimum Gasteiger partial charge on any atom is -0.480 e. The van der Waals surface area contributed by atoms with E-state index >= 15 is 0 Å². The fraction of sp³-hybridized carbons (Fsp3) is 0.364.